The van der Waals surface area contributed by atoms with Gasteiger partial charge in [-0.2, -0.15) is 0 Å². The first-order valence-electron chi connectivity index (χ1n) is 4.36. The van der Waals surface area contributed by atoms with Crippen LogP contribution in [0, 0.1) is 0 Å². The maximum Gasteiger partial charge on any atom is 0.268 e. The first-order chi connectivity index (χ1) is 6.20. The second-order valence-electron chi connectivity index (χ2n) is 3.31. The van der Waals surface area contributed by atoms with Crippen LogP contribution in [0.5, 0.6) is 0 Å². The van der Waals surface area contributed by atoms with Crippen LogP contribution in [-0.2, 0) is 0 Å². The van der Waals surface area contributed by atoms with Crippen molar-refractivity contribution in [3.05, 3.63) is 35.9 Å². The molecule has 0 bridgehead atoms. The molecule has 1 atom stereocenters. The summed E-state index contributed by atoms with van der Waals surface area (Å²) in [6.07, 6.45) is -0.0629. The Bertz CT molecular complexity index is 284. The van der Waals surface area contributed by atoms with Crippen molar-refractivity contribution in [3.63, 3.8) is 0 Å². The molecule has 1 fully saturated rings. The minimum absolute atomic E-state index is 0.0629. The first-order valence-corrected chi connectivity index (χ1v) is 4.36. The Morgan fingerprint density at radius 1 is 1.23 bits per heavy atom. The minimum Gasteiger partial charge on any atom is -0.305 e. The van der Waals surface area contributed by atoms with E-state index < -0.39 is 12.0 Å². The zero-order valence-electron chi connectivity index (χ0n) is 7.13. The largest absolute Gasteiger partial charge is 0.305 e. The van der Waals surface area contributed by atoms with Gasteiger partial charge in [-0.3, -0.25) is 0 Å². The average Bonchev–Trinajstić information content (AvgIpc) is 2.47. The van der Waals surface area contributed by atoms with Gasteiger partial charge in [0.1, 0.15) is 0 Å². The van der Waals surface area contributed by atoms with E-state index >= 15 is 0 Å². The summed E-state index contributed by atoms with van der Waals surface area (Å²) in [5.74, 6) is -2.60. The highest BCUT2D eigenvalue weighted by Gasteiger charge is 2.44. The maximum absolute atomic E-state index is 13.2. The molecule has 1 aromatic carbocycles. The second kappa shape index (κ2) is 3.07. The summed E-state index contributed by atoms with van der Waals surface area (Å²) in [5, 5.41) is 2.81. The summed E-state index contributed by atoms with van der Waals surface area (Å²) >= 11 is 0. The number of benzene rings is 1. The lowest BCUT2D eigenvalue weighted by molar-refractivity contribution is -0.0116. The number of nitrogens with one attached hydrogen (secondary N) is 1. The Morgan fingerprint density at radius 3 is 2.46 bits per heavy atom. The lowest BCUT2D eigenvalue weighted by Gasteiger charge is -2.18. The van der Waals surface area contributed by atoms with Crippen molar-refractivity contribution in [3.8, 4) is 0 Å². The Hall–Kier alpha value is -0.960. The van der Waals surface area contributed by atoms with Gasteiger partial charge in [0.15, 0.2) is 0 Å². The summed E-state index contributed by atoms with van der Waals surface area (Å²) in [6.45, 7) is 0.395. The summed E-state index contributed by atoms with van der Waals surface area (Å²) in [6, 6.07) is 8.06. The topological polar surface area (TPSA) is 12.0 Å². The molecule has 0 saturated carbocycles. The quantitative estimate of drug-likeness (QED) is 0.704. The molecule has 2 rings (SSSR count). The van der Waals surface area contributed by atoms with E-state index in [0.29, 0.717) is 12.1 Å². The minimum atomic E-state index is -2.60. The molecule has 0 aliphatic carbocycles. The number of alkyl halides is 2. The predicted octanol–water partition coefficient (Wildman–Crippen LogP) is 2.36. The fraction of sp³-hybridized carbons (Fsp3) is 0.400. The third-order valence-electron chi connectivity index (χ3n) is 2.36. The zero-order valence-corrected chi connectivity index (χ0v) is 7.13. The van der Waals surface area contributed by atoms with E-state index in [0.717, 1.165) is 0 Å². The van der Waals surface area contributed by atoms with Crippen LogP contribution >= 0.6 is 0 Å². The van der Waals surface area contributed by atoms with Crippen LogP contribution in [0.25, 0.3) is 0 Å². The molecule has 1 N–H and O–H groups in total. The smallest absolute Gasteiger partial charge is 0.268 e. The van der Waals surface area contributed by atoms with Crippen LogP contribution in [-0.4, -0.2) is 12.5 Å². The van der Waals surface area contributed by atoms with E-state index in [1.165, 1.54) is 0 Å². The van der Waals surface area contributed by atoms with Gasteiger partial charge >= 0.3 is 0 Å². The van der Waals surface area contributed by atoms with Crippen molar-refractivity contribution in [2.24, 2.45) is 0 Å². The van der Waals surface area contributed by atoms with E-state index in [1.54, 1.807) is 24.3 Å². The van der Waals surface area contributed by atoms with Gasteiger partial charge in [0.2, 0.25) is 0 Å². The van der Waals surface area contributed by atoms with Gasteiger partial charge in [-0.25, -0.2) is 8.78 Å². The fourth-order valence-corrected chi connectivity index (χ4v) is 1.68. The lowest BCUT2D eigenvalue weighted by Crippen LogP contribution is -2.26. The van der Waals surface area contributed by atoms with E-state index in [2.05, 4.69) is 5.32 Å². The highest BCUT2D eigenvalue weighted by Crippen LogP contribution is 2.37. The molecule has 0 radical (unpaired) electrons. The number of halogens is 2. The summed E-state index contributed by atoms with van der Waals surface area (Å²) in [7, 11) is 0. The van der Waals surface area contributed by atoms with Gasteiger partial charge in [-0.05, 0) is 5.56 Å². The molecule has 3 heteroatoms. The molecule has 1 aliphatic heterocycles. The van der Waals surface area contributed by atoms with Gasteiger partial charge in [0.25, 0.3) is 5.92 Å². The molecule has 1 aliphatic rings. The third kappa shape index (κ3) is 1.56. The Labute approximate surface area is 75.8 Å². The van der Waals surface area contributed by atoms with Crippen LogP contribution in [0.2, 0.25) is 0 Å². The molecule has 1 aromatic rings. The van der Waals surface area contributed by atoms with Crippen molar-refractivity contribution >= 4 is 0 Å². The summed E-state index contributed by atoms with van der Waals surface area (Å²) in [4.78, 5) is 0. The van der Waals surface area contributed by atoms with Gasteiger partial charge in [0.05, 0.1) is 6.04 Å². The molecule has 1 unspecified atom stereocenters. The molecule has 0 aromatic heterocycles. The van der Waals surface area contributed by atoms with Crippen LogP contribution in [0.1, 0.15) is 18.0 Å². The zero-order chi connectivity index (χ0) is 9.31. The molecule has 13 heavy (non-hydrogen) atoms. The average molecular weight is 183 g/mol. The van der Waals surface area contributed by atoms with E-state index in [1.807, 2.05) is 6.07 Å². The molecule has 0 amide bonds. The molecule has 70 valence electrons. The summed E-state index contributed by atoms with van der Waals surface area (Å²) < 4.78 is 26.5. The van der Waals surface area contributed by atoms with Crippen LogP contribution in [0.3, 0.4) is 0 Å². The number of hydrogen-bond acceptors (Lipinski definition) is 1. The van der Waals surface area contributed by atoms with E-state index in [9.17, 15) is 8.78 Å². The first kappa shape index (κ1) is 8.63. The highest BCUT2D eigenvalue weighted by molar-refractivity contribution is 5.22. The molecule has 1 saturated heterocycles. The van der Waals surface area contributed by atoms with Crippen molar-refractivity contribution < 1.29 is 8.78 Å². The fourth-order valence-electron chi connectivity index (χ4n) is 1.68. The van der Waals surface area contributed by atoms with Crippen molar-refractivity contribution in [1.82, 2.24) is 5.32 Å². The Kier molecular flexibility index (Phi) is 2.04. The Morgan fingerprint density at radius 2 is 1.92 bits per heavy atom. The predicted molar refractivity (Wildman–Crippen MR) is 46.7 cm³/mol. The van der Waals surface area contributed by atoms with Gasteiger partial charge in [-0.1, -0.05) is 30.3 Å². The normalized spacial score (nSPS) is 26.2. The van der Waals surface area contributed by atoms with E-state index in [4.69, 9.17) is 0 Å². The van der Waals surface area contributed by atoms with Crippen LogP contribution in [0.15, 0.2) is 30.3 Å². The molecule has 1 heterocycles. The standard InChI is InChI=1S/C10H11F2N/c11-10(12)6-7-13-9(10)8-4-2-1-3-5-8/h1-5,9,13H,6-7H2. The number of hydrogen-bond donors (Lipinski definition) is 1. The number of rotatable bonds is 1. The van der Waals surface area contributed by atoms with E-state index in [-0.39, 0.29) is 6.42 Å². The SMILES string of the molecule is FC1(F)CCNC1c1ccccc1. The van der Waals surface area contributed by atoms with Crippen molar-refractivity contribution in [2.75, 3.05) is 6.54 Å². The lowest BCUT2D eigenvalue weighted by atomic mass is 10.0. The molecular weight excluding hydrogens is 172 g/mol. The Balaban J connectivity index is 2.27. The van der Waals surface area contributed by atoms with Crippen molar-refractivity contribution in [1.29, 1.82) is 0 Å². The van der Waals surface area contributed by atoms with Gasteiger partial charge in [0, 0.05) is 13.0 Å². The van der Waals surface area contributed by atoms with Crippen molar-refractivity contribution in [2.45, 2.75) is 18.4 Å². The maximum atomic E-state index is 13.2. The third-order valence-corrected chi connectivity index (χ3v) is 2.36. The van der Waals surface area contributed by atoms with Gasteiger partial charge in [-0.15, -0.1) is 0 Å². The monoisotopic (exact) mass is 183 g/mol. The second-order valence-corrected chi connectivity index (χ2v) is 3.31. The van der Waals surface area contributed by atoms with Gasteiger partial charge < -0.3 is 5.32 Å². The molecule has 0 spiro atoms. The summed E-state index contributed by atoms with van der Waals surface area (Å²) in [5.41, 5.74) is 0.671. The molecular formula is C10H11F2N. The highest BCUT2D eigenvalue weighted by atomic mass is 19.3. The molecule has 1 nitrogen and oxygen atoms in total. The van der Waals surface area contributed by atoms with Crippen LogP contribution in [0.4, 0.5) is 8.78 Å². The van der Waals surface area contributed by atoms with Crippen LogP contribution < -0.4 is 5.32 Å².